The summed E-state index contributed by atoms with van der Waals surface area (Å²) in [7, 11) is 0. The molecule has 1 unspecified atom stereocenters. The van der Waals surface area contributed by atoms with E-state index in [0.29, 0.717) is 6.04 Å². The number of hydrogen-bond acceptors (Lipinski definition) is 5. The zero-order valence-corrected chi connectivity index (χ0v) is 11.2. The smallest absolute Gasteiger partial charge is 0.178 e. The predicted molar refractivity (Wildman–Crippen MR) is 70.5 cm³/mol. The molecule has 0 aliphatic carbocycles. The van der Waals surface area contributed by atoms with Crippen LogP contribution in [0.4, 0.5) is 0 Å². The number of nitrogens with zero attached hydrogens (tertiary/aromatic N) is 6. The summed E-state index contributed by atoms with van der Waals surface area (Å²) in [5, 5.41) is 16.0. The molecule has 2 aromatic rings. The molecule has 102 valence electrons. The fourth-order valence-corrected chi connectivity index (χ4v) is 2.61. The molecule has 1 saturated heterocycles. The van der Waals surface area contributed by atoms with Gasteiger partial charge in [0.25, 0.3) is 0 Å². The highest BCUT2D eigenvalue weighted by Crippen LogP contribution is 2.25. The number of aromatic nitrogens is 6. The molecular formula is C12H19N7. The average Bonchev–Trinajstić information content (AvgIpc) is 3.01. The second-order valence-electron chi connectivity index (χ2n) is 4.80. The lowest BCUT2D eigenvalue weighted by Gasteiger charge is -2.16. The Labute approximate surface area is 112 Å². The van der Waals surface area contributed by atoms with E-state index in [2.05, 4.69) is 32.6 Å². The second-order valence-corrected chi connectivity index (χ2v) is 4.80. The quantitative estimate of drug-likeness (QED) is 0.887. The van der Waals surface area contributed by atoms with E-state index in [9.17, 15) is 0 Å². The molecule has 3 heterocycles. The molecule has 1 fully saturated rings. The summed E-state index contributed by atoms with van der Waals surface area (Å²) in [4.78, 5) is 4.34. The van der Waals surface area contributed by atoms with Gasteiger partial charge in [-0.05, 0) is 39.3 Å². The maximum absolute atomic E-state index is 4.34. The Hall–Kier alpha value is -1.76. The molecular weight excluding hydrogens is 242 g/mol. The van der Waals surface area contributed by atoms with Crippen LogP contribution in [0.15, 0.2) is 12.5 Å². The van der Waals surface area contributed by atoms with Gasteiger partial charge in [-0.2, -0.15) is 5.10 Å². The topological polar surface area (TPSA) is 73.5 Å². The average molecular weight is 261 g/mol. The van der Waals surface area contributed by atoms with Crippen LogP contribution in [0.2, 0.25) is 0 Å². The molecule has 1 aliphatic heterocycles. The Morgan fingerprint density at radius 1 is 1.37 bits per heavy atom. The van der Waals surface area contributed by atoms with Crippen molar-refractivity contribution in [1.29, 1.82) is 0 Å². The third-order valence-electron chi connectivity index (χ3n) is 3.61. The molecule has 0 saturated carbocycles. The highest BCUT2D eigenvalue weighted by molar-refractivity contribution is 5.47. The van der Waals surface area contributed by atoms with Gasteiger partial charge < -0.3 is 5.32 Å². The summed E-state index contributed by atoms with van der Waals surface area (Å²) in [5.74, 6) is 0.852. The summed E-state index contributed by atoms with van der Waals surface area (Å²) < 4.78 is 3.90. The third-order valence-corrected chi connectivity index (χ3v) is 3.61. The molecule has 0 amide bonds. The van der Waals surface area contributed by atoms with E-state index in [1.165, 1.54) is 6.42 Å². The summed E-state index contributed by atoms with van der Waals surface area (Å²) in [6.07, 6.45) is 6.75. The molecule has 19 heavy (non-hydrogen) atoms. The van der Waals surface area contributed by atoms with Gasteiger partial charge in [-0.1, -0.05) is 5.21 Å². The molecule has 2 aromatic heterocycles. The molecule has 3 rings (SSSR count). The molecule has 1 aliphatic rings. The minimum atomic E-state index is 0.398. The summed E-state index contributed by atoms with van der Waals surface area (Å²) in [5.41, 5.74) is 0.964. The minimum Gasteiger partial charge on any atom is -0.317 e. The minimum absolute atomic E-state index is 0.398. The van der Waals surface area contributed by atoms with Crippen molar-refractivity contribution in [2.75, 3.05) is 13.1 Å². The van der Waals surface area contributed by atoms with Gasteiger partial charge >= 0.3 is 0 Å². The monoisotopic (exact) mass is 261 g/mol. The van der Waals surface area contributed by atoms with Crippen LogP contribution in [-0.2, 0) is 6.54 Å². The fourth-order valence-electron chi connectivity index (χ4n) is 2.61. The van der Waals surface area contributed by atoms with Gasteiger partial charge in [0.15, 0.2) is 5.82 Å². The number of hydrogen-bond donors (Lipinski definition) is 1. The lowest BCUT2D eigenvalue weighted by molar-refractivity contribution is 0.407. The Morgan fingerprint density at radius 2 is 2.32 bits per heavy atom. The molecule has 0 aromatic carbocycles. The molecule has 7 heteroatoms. The van der Waals surface area contributed by atoms with E-state index in [-0.39, 0.29) is 0 Å². The standard InChI is InChI=1S/C12H19N7/c1-2-18-12(14-9-16-18)11-8-15-17-19(11)10-4-3-6-13-7-5-10/h8-10,13H,2-7H2,1H3. The molecule has 0 radical (unpaired) electrons. The van der Waals surface area contributed by atoms with E-state index in [1.807, 2.05) is 9.36 Å². The zero-order valence-electron chi connectivity index (χ0n) is 11.2. The summed E-state index contributed by atoms with van der Waals surface area (Å²) in [6, 6.07) is 0.398. The van der Waals surface area contributed by atoms with E-state index < -0.39 is 0 Å². The summed E-state index contributed by atoms with van der Waals surface area (Å²) in [6.45, 7) is 4.98. The molecule has 7 nitrogen and oxygen atoms in total. The van der Waals surface area contributed by atoms with Crippen LogP contribution < -0.4 is 5.32 Å². The van der Waals surface area contributed by atoms with Crippen LogP contribution in [0.5, 0.6) is 0 Å². The van der Waals surface area contributed by atoms with Crippen LogP contribution in [0.1, 0.15) is 32.2 Å². The van der Waals surface area contributed by atoms with Crippen LogP contribution in [0.3, 0.4) is 0 Å². The van der Waals surface area contributed by atoms with Crippen LogP contribution in [-0.4, -0.2) is 42.8 Å². The highest BCUT2D eigenvalue weighted by Gasteiger charge is 2.20. The Balaban J connectivity index is 1.93. The second kappa shape index (κ2) is 5.48. The van der Waals surface area contributed by atoms with E-state index in [0.717, 1.165) is 44.0 Å². The lowest BCUT2D eigenvalue weighted by Crippen LogP contribution is -2.17. The maximum Gasteiger partial charge on any atom is 0.178 e. The van der Waals surface area contributed by atoms with Gasteiger partial charge in [0.1, 0.15) is 12.0 Å². The van der Waals surface area contributed by atoms with E-state index in [4.69, 9.17) is 0 Å². The molecule has 1 atom stereocenters. The van der Waals surface area contributed by atoms with Crippen molar-refractivity contribution in [3.63, 3.8) is 0 Å². The SMILES string of the molecule is CCn1ncnc1-c1cnnn1C1CCCNCC1. The van der Waals surface area contributed by atoms with Gasteiger partial charge in [-0.25, -0.2) is 14.3 Å². The first-order chi connectivity index (χ1) is 9.40. The van der Waals surface area contributed by atoms with Gasteiger partial charge in [0, 0.05) is 6.54 Å². The van der Waals surface area contributed by atoms with Gasteiger partial charge in [0.2, 0.25) is 0 Å². The van der Waals surface area contributed by atoms with Gasteiger partial charge in [-0.3, -0.25) is 0 Å². The summed E-state index contributed by atoms with van der Waals surface area (Å²) >= 11 is 0. The van der Waals surface area contributed by atoms with Crippen LogP contribution >= 0.6 is 0 Å². The Bertz CT molecular complexity index is 522. The molecule has 1 N–H and O–H groups in total. The van der Waals surface area contributed by atoms with Crippen LogP contribution in [0, 0.1) is 0 Å². The van der Waals surface area contributed by atoms with Crippen molar-refractivity contribution in [2.24, 2.45) is 0 Å². The number of nitrogens with one attached hydrogen (secondary N) is 1. The first-order valence-electron chi connectivity index (χ1n) is 6.89. The Morgan fingerprint density at radius 3 is 3.21 bits per heavy atom. The lowest BCUT2D eigenvalue weighted by atomic mass is 10.1. The van der Waals surface area contributed by atoms with Crippen molar-refractivity contribution in [1.82, 2.24) is 35.1 Å². The highest BCUT2D eigenvalue weighted by atomic mass is 15.5. The normalized spacial score (nSPS) is 20.4. The van der Waals surface area contributed by atoms with Crippen molar-refractivity contribution in [3.05, 3.63) is 12.5 Å². The van der Waals surface area contributed by atoms with Crippen molar-refractivity contribution in [3.8, 4) is 11.5 Å². The third kappa shape index (κ3) is 2.37. The first-order valence-corrected chi connectivity index (χ1v) is 6.89. The molecule has 0 bridgehead atoms. The van der Waals surface area contributed by atoms with Crippen molar-refractivity contribution < 1.29 is 0 Å². The van der Waals surface area contributed by atoms with E-state index >= 15 is 0 Å². The van der Waals surface area contributed by atoms with Crippen LogP contribution in [0.25, 0.3) is 11.5 Å². The van der Waals surface area contributed by atoms with Gasteiger partial charge in [0.05, 0.1) is 12.2 Å². The van der Waals surface area contributed by atoms with Crippen molar-refractivity contribution >= 4 is 0 Å². The Kier molecular flexibility index (Phi) is 3.54. The number of rotatable bonds is 3. The number of aryl methyl sites for hydroxylation is 1. The van der Waals surface area contributed by atoms with E-state index in [1.54, 1.807) is 12.5 Å². The van der Waals surface area contributed by atoms with Crippen molar-refractivity contribution in [2.45, 2.75) is 38.8 Å². The predicted octanol–water partition coefficient (Wildman–Crippen LogP) is 0.871. The molecule has 0 spiro atoms. The maximum atomic E-state index is 4.34. The zero-order chi connectivity index (χ0) is 13.1. The first kappa shape index (κ1) is 12.3. The van der Waals surface area contributed by atoms with Gasteiger partial charge in [-0.15, -0.1) is 5.10 Å². The fraction of sp³-hybridized carbons (Fsp3) is 0.667. The largest absolute Gasteiger partial charge is 0.317 e.